The van der Waals surface area contributed by atoms with Crippen molar-refractivity contribution in [1.82, 2.24) is 5.32 Å². The van der Waals surface area contributed by atoms with Crippen LogP contribution in [0.2, 0.25) is 0 Å². The van der Waals surface area contributed by atoms with Crippen molar-refractivity contribution in [1.29, 1.82) is 0 Å². The summed E-state index contributed by atoms with van der Waals surface area (Å²) in [6, 6.07) is -0.864. The van der Waals surface area contributed by atoms with Gasteiger partial charge in [-0.2, -0.15) is 0 Å². The molecule has 0 rings (SSSR count). The number of likely N-dealkylation sites (N-methyl/N-ethyl adjacent to an activating group) is 1. The Bertz CT molecular complexity index is 1040. The summed E-state index contributed by atoms with van der Waals surface area (Å²) in [5, 5.41) is 13.8. The van der Waals surface area contributed by atoms with E-state index >= 15 is 0 Å². The Morgan fingerprint density at radius 2 is 1.05 bits per heavy atom. The standard InChI is InChI=1S/C46H87N2O6P/c1-6-8-10-12-14-16-18-20-22-23-24-25-26-28-30-32-34-36-38-40-46(50)47-44(43-54-55(51,52)53-42-41-48(3,4)5)45(49)39-37-35-33-31-29-27-21-19-17-15-13-11-9-7-2/h14,16,20,22,29,31,37,39,44-45,49H,6-13,15,17-19,21,23-28,30,32-36,38,40-43H2,1-5H3,(H-,47,50,51,52)/p+1/b16-14-,22-20-,31-29+,39-37+. The first-order valence-electron chi connectivity index (χ1n) is 22.5. The van der Waals surface area contributed by atoms with Crippen LogP contribution in [0.1, 0.15) is 187 Å². The summed E-state index contributed by atoms with van der Waals surface area (Å²) in [5.74, 6) is -0.194. The summed E-state index contributed by atoms with van der Waals surface area (Å²) < 4.78 is 23.5. The zero-order chi connectivity index (χ0) is 40.7. The summed E-state index contributed by atoms with van der Waals surface area (Å²) in [6.45, 7) is 4.75. The highest BCUT2D eigenvalue weighted by Gasteiger charge is 2.27. The van der Waals surface area contributed by atoms with Gasteiger partial charge in [-0.3, -0.25) is 13.8 Å². The Morgan fingerprint density at radius 3 is 1.60 bits per heavy atom. The maximum Gasteiger partial charge on any atom is 0.472 e. The van der Waals surface area contributed by atoms with E-state index in [2.05, 4.69) is 55.6 Å². The molecule has 0 bridgehead atoms. The van der Waals surface area contributed by atoms with Crippen molar-refractivity contribution in [2.45, 2.75) is 199 Å². The van der Waals surface area contributed by atoms with Crippen LogP contribution in [0.15, 0.2) is 48.6 Å². The van der Waals surface area contributed by atoms with Crippen molar-refractivity contribution in [3.8, 4) is 0 Å². The maximum absolute atomic E-state index is 12.9. The highest BCUT2D eigenvalue weighted by Crippen LogP contribution is 2.43. The van der Waals surface area contributed by atoms with Gasteiger partial charge in [0.15, 0.2) is 0 Å². The molecular formula is C46H88N2O6P+. The van der Waals surface area contributed by atoms with Gasteiger partial charge in [0.1, 0.15) is 13.2 Å². The third kappa shape index (κ3) is 40.5. The highest BCUT2D eigenvalue weighted by atomic mass is 31.2. The predicted octanol–water partition coefficient (Wildman–Crippen LogP) is 12.5. The van der Waals surface area contributed by atoms with Crippen molar-refractivity contribution >= 4 is 13.7 Å². The fourth-order valence-corrected chi connectivity index (χ4v) is 6.88. The molecule has 3 atom stereocenters. The molecule has 0 spiro atoms. The lowest BCUT2D eigenvalue weighted by molar-refractivity contribution is -0.870. The number of rotatable bonds is 40. The molecule has 9 heteroatoms. The monoisotopic (exact) mass is 796 g/mol. The lowest BCUT2D eigenvalue weighted by Gasteiger charge is -2.25. The quantitative estimate of drug-likeness (QED) is 0.0247. The van der Waals surface area contributed by atoms with E-state index in [1.165, 1.54) is 122 Å². The zero-order valence-corrected chi connectivity index (χ0v) is 37.3. The number of phosphoric acid groups is 1. The number of carbonyl (C=O) groups is 1. The molecule has 0 saturated heterocycles. The van der Waals surface area contributed by atoms with Crippen LogP contribution >= 0.6 is 7.82 Å². The number of hydrogen-bond donors (Lipinski definition) is 3. The maximum atomic E-state index is 12.9. The van der Waals surface area contributed by atoms with Crippen LogP contribution in [-0.4, -0.2) is 73.4 Å². The van der Waals surface area contributed by atoms with Crippen molar-refractivity contribution in [2.24, 2.45) is 0 Å². The van der Waals surface area contributed by atoms with E-state index in [1.807, 2.05) is 27.2 Å². The molecule has 0 heterocycles. The number of amides is 1. The van der Waals surface area contributed by atoms with E-state index in [9.17, 15) is 19.4 Å². The number of carbonyl (C=O) groups excluding carboxylic acids is 1. The molecule has 0 saturated carbocycles. The van der Waals surface area contributed by atoms with E-state index in [-0.39, 0.29) is 19.1 Å². The van der Waals surface area contributed by atoms with E-state index in [0.29, 0.717) is 17.4 Å². The Kier molecular flexibility index (Phi) is 36.9. The lowest BCUT2D eigenvalue weighted by atomic mass is 10.1. The summed E-state index contributed by atoms with van der Waals surface area (Å²) in [4.78, 5) is 23.1. The number of allylic oxidation sites excluding steroid dienone is 7. The van der Waals surface area contributed by atoms with Crippen molar-refractivity contribution < 1.29 is 32.9 Å². The lowest BCUT2D eigenvalue weighted by Crippen LogP contribution is -2.45. The Labute approximate surface area is 339 Å². The van der Waals surface area contributed by atoms with Gasteiger partial charge >= 0.3 is 7.82 Å². The minimum atomic E-state index is -4.35. The van der Waals surface area contributed by atoms with Crippen LogP contribution in [0.4, 0.5) is 0 Å². The van der Waals surface area contributed by atoms with Gasteiger partial charge in [0.05, 0.1) is 39.9 Å². The SMILES string of the molecule is CCCCC/C=C\C/C=C\CCCCCCCCCCCC(=O)NC(COP(=O)(O)OCC[N+](C)(C)C)C(O)/C=C/CC/C=C/CCCCCCCCCC. The number of nitrogens with one attached hydrogen (secondary N) is 1. The van der Waals surface area contributed by atoms with Gasteiger partial charge in [0.2, 0.25) is 5.91 Å². The molecule has 0 radical (unpaired) electrons. The molecular weight excluding hydrogens is 707 g/mol. The van der Waals surface area contributed by atoms with Crippen LogP contribution in [0.25, 0.3) is 0 Å². The van der Waals surface area contributed by atoms with Crippen LogP contribution in [0, 0.1) is 0 Å². The fourth-order valence-electron chi connectivity index (χ4n) is 6.14. The Morgan fingerprint density at radius 1 is 0.618 bits per heavy atom. The van der Waals surface area contributed by atoms with E-state index in [4.69, 9.17) is 9.05 Å². The zero-order valence-electron chi connectivity index (χ0n) is 36.4. The minimum absolute atomic E-state index is 0.0541. The van der Waals surface area contributed by atoms with Crippen LogP contribution in [-0.2, 0) is 18.4 Å². The largest absolute Gasteiger partial charge is 0.472 e. The molecule has 0 fully saturated rings. The molecule has 8 nitrogen and oxygen atoms in total. The third-order valence-electron chi connectivity index (χ3n) is 9.77. The molecule has 0 aromatic rings. The molecule has 0 aliphatic rings. The van der Waals surface area contributed by atoms with E-state index in [0.717, 1.165) is 44.9 Å². The summed E-state index contributed by atoms with van der Waals surface area (Å²) in [5.41, 5.74) is 0. The molecule has 0 aromatic heterocycles. The number of aliphatic hydroxyl groups excluding tert-OH is 1. The van der Waals surface area contributed by atoms with Gasteiger partial charge in [-0.15, -0.1) is 0 Å². The van der Waals surface area contributed by atoms with Gasteiger partial charge in [0.25, 0.3) is 0 Å². The smallest absolute Gasteiger partial charge is 0.387 e. The van der Waals surface area contributed by atoms with Gasteiger partial charge in [-0.05, 0) is 64.2 Å². The number of nitrogens with zero attached hydrogens (tertiary/aromatic N) is 1. The van der Waals surface area contributed by atoms with Gasteiger partial charge in [-0.25, -0.2) is 4.57 Å². The summed E-state index contributed by atoms with van der Waals surface area (Å²) in [6.07, 6.45) is 47.5. The van der Waals surface area contributed by atoms with Crippen LogP contribution in [0.3, 0.4) is 0 Å². The third-order valence-corrected chi connectivity index (χ3v) is 10.8. The number of quaternary nitrogens is 1. The van der Waals surface area contributed by atoms with Crippen molar-refractivity contribution in [3.05, 3.63) is 48.6 Å². The van der Waals surface area contributed by atoms with E-state index < -0.39 is 20.0 Å². The minimum Gasteiger partial charge on any atom is -0.387 e. The molecule has 0 aliphatic carbocycles. The molecule has 1 amide bonds. The summed E-state index contributed by atoms with van der Waals surface area (Å²) >= 11 is 0. The molecule has 3 N–H and O–H groups in total. The fraction of sp³-hybridized carbons (Fsp3) is 0.804. The predicted molar refractivity (Wildman–Crippen MR) is 235 cm³/mol. The second-order valence-electron chi connectivity index (χ2n) is 16.4. The number of unbranched alkanes of at least 4 members (excludes halogenated alkanes) is 21. The van der Waals surface area contributed by atoms with Crippen molar-refractivity contribution in [2.75, 3.05) is 40.9 Å². The first-order valence-corrected chi connectivity index (χ1v) is 24.0. The second kappa shape index (κ2) is 38.0. The molecule has 322 valence electrons. The van der Waals surface area contributed by atoms with E-state index in [1.54, 1.807) is 6.08 Å². The molecule has 55 heavy (non-hydrogen) atoms. The van der Waals surface area contributed by atoms with Crippen molar-refractivity contribution in [3.63, 3.8) is 0 Å². The Balaban J connectivity index is 4.44. The number of aliphatic hydroxyl groups is 1. The average Bonchev–Trinajstić information content (AvgIpc) is 3.13. The highest BCUT2D eigenvalue weighted by molar-refractivity contribution is 7.47. The second-order valence-corrected chi connectivity index (χ2v) is 17.9. The summed E-state index contributed by atoms with van der Waals surface area (Å²) in [7, 11) is 1.55. The van der Waals surface area contributed by atoms with Gasteiger partial charge < -0.3 is 19.8 Å². The van der Waals surface area contributed by atoms with Crippen LogP contribution in [0.5, 0.6) is 0 Å². The Hall–Kier alpha value is -1.54. The topological polar surface area (TPSA) is 105 Å². The number of hydrogen-bond acceptors (Lipinski definition) is 5. The normalized spacial score (nSPS) is 14.8. The first kappa shape index (κ1) is 53.5. The average molecular weight is 796 g/mol. The first-order chi connectivity index (χ1) is 26.5. The van der Waals surface area contributed by atoms with Gasteiger partial charge in [-0.1, -0.05) is 165 Å². The number of phosphoric ester groups is 1. The van der Waals surface area contributed by atoms with Crippen LogP contribution < -0.4 is 5.32 Å². The molecule has 3 unspecified atom stereocenters. The molecule has 0 aromatic carbocycles. The molecule has 0 aliphatic heterocycles. The van der Waals surface area contributed by atoms with Gasteiger partial charge in [0, 0.05) is 6.42 Å².